The molecule has 4 nitrogen and oxygen atoms in total. The van der Waals surface area contributed by atoms with E-state index in [0.29, 0.717) is 11.3 Å². The van der Waals surface area contributed by atoms with Gasteiger partial charge in [-0.05, 0) is 50.9 Å². The molecule has 2 aromatic rings. The molecule has 0 spiro atoms. The number of aromatic nitrogens is 1. The Hall–Kier alpha value is -1.11. The van der Waals surface area contributed by atoms with Gasteiger partial charge in [0.05, 0.1) is 17.1 Å². The Bertz CT molecular complexity index is 753. The van der Waals surface area contributed by atoms with E-state index in [1.165, 1.54) is 0 Å². The monoisotopic (exact) mass is 426 g/mol. The van der Waals surface area contributed by atoms with Gasteiger partial charge in [-0.25, -0.2) is 0 Å². The van der Waals surface area contributed by atoms with Crippen LogP contribution in [0.3, 0.4) is 0 Å². The Morgan fingerprint density at radius 3 is 2.86 bits per heavy atom. The van der Waals surface area contributed by atoms with Gasteiger partial charge in [-0.1, -0.05) is 11.6 Å². The van der Waals surface area contributed by atoms with Crippen LogP contribution in [-0.4, -0.2) is 24.1 Å². The van der Waals surface area contributed by atoms with Crippen LogP contribution < -0.4 is 10.1 Å². The van der Waals surface area contributed by atoms with Crippen molar-refractivity contribution in [1.82, 2.24) is 9.88 Å². The van der Waals surface area contributed by atoms with Gasteiger partial charge in [0, 0.05) is 30.8 Å². The summed E-state index contributed by atoms with van der Waals surface area (Å²) in [6.07, 6.45) is 0.819. The highest BCUT2D eigenvalue weighted by Gasteiger charge is 2.27. The fourth-order valence-corrected chi connectivity index (χ4v) is 3.95. The van der Waals surface area contributed by atoms with Crippen molar-refractivity contribution in [1.29, 1.82) is 0 Å². The number of hydrogen-bond donors (Lipinski definition) is 1. The Balaban J connectivity index is 2.16. The minimum Gasteiger partial charge on any atom is -0.496 e. The number of halogens is 2. The van der Waals surface area contributed by atoms with E-state index in [0.717, 1.165) is 45.4 Å². The van der Waals surface area contributed by atoms with Crippen LogP contribution in [0, 0.1) is 6.92 Å². The molecule has 1 aromatic carbocycles. The summed E-state index contributed by atoms with van der Waals surface area (Å²) in [6.45, 7) is 3.60. The topological polar surface area (TPSA) is 43.3 Å². The maximum absolute atomic E-state index is 13.1. The number of nitrogens with one attached hydrogen (secondary N) is 1. The van der Waals surface area contributed by atoms with E-state index in [4.69, 9.17) is 4.74 Å². The van der Waals surface area contributed by atoms with Crippen molar-refractivity contribution in [3.63, 3.8) is 0 Å². The van der Waals surface area contributed by atoms with Crippen LogP contribution in [0.1, 0.15) is 27.2 Å². The van der Waals surface area contributed by atoms with E-state index < -0.39 is 0 Å². The molecule has 0 saturated heterocycles. The van der Waals surface area contributed by atoms with Crippen LogP contribution in [0.4, 0.5) is 0 Å². The number of aryl methyl sites for hydroxylation is 1. The lowest BCUT2D eigenvalue weighted by Gasteiger charge is -2.17. The van der Waals surface area contributed by atoms with Crippen molar-refractivity contribution >= 4 is 37.8 Å². The summed E-state index contributed by atoms with van der Waals surface area (Å²) in [6, 6.07) is 5.65. The number of methoxy groups -OCH3 is 1. The van der Waals surface area contributed by atoms with E-state index in [1.807, 2.05) is 25.1 Å². The second-order valence-electron chi connectivity index (χ2n) is 5.30. The number of nitrogens with zero attached hydrogens (tertiary/aromatic N) is 1. The Kier molecular flexibility index (Phi) is 4.43. The molecule has 0 saturated carbocycles. The molecule has 0 fully saturated rings. The highest BCUT2D eigenvalue weighted by atomic mass is 79.9. The molecule has 0 unspecified atom stereocenters. The zero-order valence-corrected chi connectivity index (χ0v) is 15.5. The van der Waals surface area contributed by atoms with Gasteiger partial charge in [0.2, 0.25) is 0 Å². The van der Waals surface area contributed by atoms with Crippen LogP contribution in [0.15, 0.2) is 27.3 Å². The average molecular weight is 428 g/mol. The second kappa shape index (κ2) is 6.18. The largest absolute Gasteiger partial charge is 0.496 e. The zero-order valence-electron chi connectivity index (χ0n) is 12.4. The van der Waals surface area contributed by atoms with Gasteiger partial charge in [0.1, 0.15) is 10.4 Å². The lowest BCUT2D eigenvalue weighted by molar-refractivity contribution is 0.0951. The predicted molar refractivity (Wildman–Crippen MR) is 92.7 cm³/mol. The number of hydrogen-bond acceptors (Lipinski definition) is 3. The summed E-state index contributed by atoms with van der Waals surface area (Å²) in [5, 5.41) is 3.33. The van der Waals surface area contributed by atoms with Crippen molar-refractivity contribution in [3.05, 3.63) is 49.7 Å². The summed E-state index contributed by atoms with van der Waals surface area (Å²) in [7, 11) is 1.58. The maximum Gasteiger partial charge on any atom is 0.266 e. The average Bonchev–Trinajstić information content (AvgIpc) is 2.79. The number of benzene rings is 1. The third-order valence-corrected chi connectivity index (χ3v) is 6.03. The van der Waals surface area contributed by atoms with Gasteiger partial charge in [0.25, 0.3) is 5.91 Å². The summed E-state index contributed by atoms with van der Waals surface area (Å²) < 4.78 is 8.81. The highest BCUT2D eigenvalue weighted by molar-refractivity contribution is 9.13. The number of fused-ring (bicyclic) bond motifs is 1. The fraction of sp³-hybridized carbons (Fsp3) is 0.312. The molecule has 116 valence electrons. The van der Waals surface area contributed by atoms with Crippen LogP contribution >= 0.6 is 31.9 Å². The van der Waals surface area contributed by atoms with E-state index in [9.17, 15) is 4.79 Å². The van der Waals surface area contributed by atoms with Crippen LogP contribution in [-0.2, 0) is 13.0 Å². The molecule has 6 heteroatoms. The van der Waals surface area contributed by atoms with Crippen molar-refractivity contribution < 1.29 is 9.53 Å². The molecule has 1 N–H and O–H groups in total. The Labute approximate surface area is 146 Å². The first-order valence-corrected chi connectivity index (χ1v) is 8.60. The van der Waals surface area contributed by atoms with Crippen molar-refractivity contribution in [3.8, 4) is 5.75 Å². The summed E-state index contributed by atoms with van der Waals surface area (Å²) >= 11 is 7.14. The van der Waals surface area contributed by atoms with Gasteiger partial charge in [-0.3, -0.25) is 9.36 Å². The van der Waals surface area contributed by atoms with E-state index in [-0.39, 0.29) is 5.91 Å². The van der Waals surface area contributed by atoms with E-state index >= 15 is 0 Å². The number of carbonyl (C=O) groups is 1. The minimum atomic E-state index is -0.0729. The molecule has 0 amide bonds. The number of rotatable bonds is 2. The third kappa shape index (κ3) is 2.53. The van der Waals surface area contributed by atoms with Gasteiger partial charge in [0.15, 0.2) is 0 Å². The minimum absolute atomic E-state index is 0.0729. The van der Waals surface area contributed by atoms with E-state index in [2.05, 4.69) is 37.2 Å². The molecule has 1 aromatic heterocycles. The van der Waals surface area contributed by atoms with Crippen LogP contribution in [0.25, 0.3) is 0 Å². The smallest absolute Gasteiger partial charge is 0.266 e. The van der Waals surface area contributed by atoms with Crippen molar-refractivity contribution in [2.24, 2.45) is 0 Å². The first-order valence-electron chi connectivity index (χ1n) is 7.02. The van der Waals surface area contributed by atoms with Gasteiger partial charge < -0.3 is 10.1 Å². The van der Waals surface area contributed by atoms with E-state index in [1.54, 1.807) is 11.7 Å². The SMILES string of the molecule is COc1ccc(C)cc1C(=O)n1c(Br)c(Br)c2c1CCNC2. The molecule has 3 rings (SSSR count). The molecule has 22 heavy (non-hydrogen) atoms. The molecule has 0 bridgehead atoms. The summed E-state index contributed by atoms with van der Waals surface area (Å²) in [4.78, 5) is 13.1. The summed E-state index contributed by atoms with van der Waals surface area (Å²) in [5.74, 6) is 0.520. The molecular weight excluding hydrogens is 412 g/mol. The Morgan fingerprint density at radius 1 is 1.36 bits per heavy atom. The highest BCUT2D eigenvalue weighted by Crippen LogP contribution is 2.36. The van der Waals surface area contributed by atoms with Crippen LogP contribution in [0.2, 0.25) is 0 Å². The molecule has 0 aliphatic carbocycles. The quantitative estimate of drug-likeness (QED) is 0.795. The van der Waals surface area contributed by atoms with Gasteiger partial charge in [-0.2, -0.15) is 0 Å². The molecular formula is C16H16Br2N2O2. The molecule has 2 heterocycles. The zero-order chi connectivity index (χ0) is 15.9. The molecule has 0 atom stereocenters. The van der Waals surface area contributed by atoms with Gasteiger partial charge >= 0.3 is 0 Å². The number of carbonyl (C=O) groups excluding carboxylic acids is 1. The number of ether oxygens (including phenoxy) is 1. The predicted octanol–water partition coefficient (Wildman–Crippen LogP) is 3.66. The van der Waals surface area contributed by atoms with Crippen molar-refractivity contribution in [2.75, 3.05) is 13.7 Å². The molecule has 1 aliphatic rings. The fourth-order valence-electron chi connectivity index (χ4n) is 2.79. The third-order valence-electron chi connectivity index (χ3n) is 3.89. The molecule has 1 aliphatic heterocycles. The first kappa shape index (κ1) is 15.8. The molecule has 0 radical (unpaired) electrons. The lowest BCUT2D eigenvalue weighted by Crippen LogP contribution is -2.26. The lowest BCUT2D eigenvalue weighted by atomic mass is 10.1. The van der Waals surface area contributed by atoms with Crippen LogP contribution in [0.5, 0.6) is 5.75 Å². The second-order valence-corrected chi connectivity index (χ2v) is 6.85. The summed E-state index contributed by atoms with van der Waals surface area (Å²) in [5.41, 5.74) is 3.79. The van der Waals surface area contributed by atoms with Gasteiger partial charge in [-0.15, -0.1) is 0 Å². The normalized spacial score (nSPS) is 13.8. The standard InChI is InChI=1S/C16H16Br2N2O2/c1-9-3-4-13(22-2)10(7-9)16(21)20-12-5-6-19-8-11(12)14(17)15(20)18/h3-4,7,19H,5-6,8H2,1-2H3. The Morgan fingerprint density at radius 2 is 2.14 bits per heavy atom. The van der Waals surface area contributed by atoms with Crippen molar-refractivity contribution in [2.45, 2.75) is 19.9 Å². The first-order chi connectivity index (χ1) is 10.5. The maximum atomic E-state index is 13.1.